The molecular weight excluding hydrogens is 166 g/mol. The normalized spacial score (nSPS) is 9.58. The van der Waals surface area contributed by atoms with Crippen molar-refractivity contribution < 1.29 is 0 Å². The van der Waals surface area contributed by atoms with E-state index in [1.165, 1.54) is 0 Å². The van der Waals surface area contributed by atoms with Crippen LogP contribution in [0.4, 0.5) is 5.69 Å². The molecular formula is C10H13NS. The zero-order chi connectivity index (χ0) is 9.14. The molecule has 0 saturated heterocycles. The molecule has 0 radical (unpaired) electrons. The van der Waals surface area contributed by atoms with Crippen LogP contribution in [0.2, 0.25) is 0 Å². The number of benzene rings is 1. The Morgan fingerprint density at radius 3 is 2.67 bits per heavy atom. The largest absolute Gasteiger partial charge is 0.388 e. The van der Waals surface area contributed by atoms with Crippen LogP contribution >= 0.6 is 12.6 Å². The minimum absolute atomic E-state index is 0.965. The lowest BCUT2D eigenvalue weighted by Crippen LogP contribution is -1.92. The third-order valence-corrected chi connectivity index (χ3v) is 2.01. The first kappa shape index (κ1) is 9.20. The van der Waals surface area contributed by atoms with Crippen molar-refractivity contribution in [3.8, 4) is 0 Å². The van der Waals surface area contributed by atoms with Crippen molar-refractivity contribution in [3.63, 3.8) is 0 Å². The maximum absolute atomic E-state index is 4.27. The van der Waals surface area contributed by atoms with Gasteiger partial charge in [-0.25, -0.2) is 0 Å². The molecule has 2 heteroatoms. The zero-order valence-electron chi connectivity index (χ0n) is 7.39. The lowest BCUT2D eigenvalue weighted by Gasteiger charge is -2.08. The quantitative estimate of drug-likeness (QED) is 0.665. The minimum atomic E-state index is 0.965. The molecule has 0 saturated carbocycles. The van der Waals surface area contributed by atoms with E-state index in [1.54, 1.807) is 0 Å². The maximum atomic E-state index is 4.27. The Bertz CT molecular complexity index is 305. The second kappa shape index (κ2) is 3.68. The average molecular weight is 179 g/mol. The van der Waals surface area contributed by atoms with Gasteiger partial charge in [0.05, 0.1) is 0 Å². The van der Waals surface area contributed by atoms with Crippen molar-refractivity contribution in [2.24, 2.45) is 0 Å². The molecule has 0 unspecified atom stereocenters. The third kappa shape index (κ3) is 1.83. The summed E-state index contributed by atoms with van der Waals surface area (Å²) in [6.45, 7) is 5.89. The van der Waals surface area contributed by atoms with E-state index in [0.717, 1.165) is 21.7 Å². The second-order valence-electron chi connectivity index (χ2n) is 2.76. The second-order valence-corrected chi connectivity index (χ2v) is 3.28. The van der Waals surface area contributed by atoms with Crippen LogP contribution in [0.3, 0.4) is 0 Å². The predicted octanol–water partition coefficient (Wildman–Crippen LogP) is 3.05. The third-order valence-electron chi connectivity index (χ3n) is 1.73. The van der Waals surface area contributed by atoms with Crippen molar-refractivity contribution in [3.05, 3.63) is 30.3 Å². The highest BCUT2D eigenvalue weighted by atomic mass is 32.1. The van der Waals surface area contributed by atoms with Crippen LogP contribution < -0.4 is 5.32 Å². The van der Waals surface area contributed by atoms with Crippen LogP contribution in [0.25, 0.3) is 5.57 Å². The molecule has 0 aliphatic heterocycles. The molecule has 0 fully saturated rings. The van der Waals surface area contributed by atoms with Gasteiger partial charge in [0.2, 0.25) is 0 Å². The van der Waals surface area contributed by atoms with Gasteiger partial charge in [0.25, 0.3) is 0 Å². The first-order valence-corrected chi connectivity index (χ1v) is 4.26. The first-order chi connectivity index (χ1) is 5.65. The van der Waals surface area contributed by atoms with Crippen molar-refractivity contribution in [1.29, 1.82) is 0 Å². The van der Waals surface area contributed by atoms with Gasteiger partial charge in [0.15, 0.2) is 0 Å². The number of rotatable bonds is 2. The number of nitrogens with one attached hydrogen (secondary N) is 1. The summed E-state index contributed by atoms with van der Waals surface area (Å²) in [4.78, 5) is 0.965. The Morgan fingerprint density at radius 1 is 1.50 bits per heavy atom. The van der Waals surface area contributed by atoms with Crippen LogP contribution in [0.5, 0.6) is 0 Å². The SMILES string of the molecule is C=C(C)c1cc(S)ccc1NC. The van der Waals surface area contributed by atoms with Gasteiger partial charge in [-0.1, -0.05) is 6.58 Å². The number of hydrogen-bond donors (Lipinski definition) is 2. The molecule has 0 aliphatic carbocycles. The van der Waals surface area contributed by atoms with E-state index in [4.69, 9.17) is 0 Å². The van der Waals surface area contributed by atoms with Gasteiger partial charge in [0, 0.05) is 23.2 Å². The topological polar surface area (TPSA) is 12.0 Å². The van der Waals surface area contributed by atoms with E-state index >= 15 is 0 Å². The van der Waals surface area contributed by atoms with E-state index in [1.807, 2.05) is 32.2 Å². The molecule has 0 aromatic heterocycles. The molecule has 12 heavy (non-hydrogen) atoms. The summed E-state index contributed by atoms with van der Waals surface area (Å²) in [5, 5.41) is 3.11. The van der Waals surface area contributed by atoms with E-state index in [9.17, 15) is 0 Å². The summed E-state index contributed by atoms with van der Waals surface area (Å²) in [5.41, 5.74) is 3.28. The average Bonchev–Trinajstić information content (AvgIpc) is 2.04. The molecule has 1 rings (SSSR count). The fourth-order valence-corrected chi connectivity index (χ4v) is 1.31. The van der Waals surface area contributed by atoms with E-state index in [2.05, 4.69) is 24.5 Å². The number of thiol groups is 1. The molecule has 0 bridgehead atoms. The smallest absolute Gasteiger partial charge is 0.0414 e. The molecule has 0 heterocycles. The van der Waals surface area contributed by atoms with Crippen LogP contribution in [0.15, 0.2) is 29.7 Å². The highest BCUT2D eigenvalue weighted by molar-refractivity contribution is 7.80. The molecule has 0 spiro atoms. The van der Waals surface area contributed by atoms with Gasteiger partial charge in [-0.05, 0) is 30.7 Å². The molecule has 1 aromatic carbocycles. The lowest BCUT2D eigenvalue weighted by atomic mass is 10.1. The molecule has 0 aliphatic rings. The summed E-state index contributed by atoms with van der Waals surface area (Å²) in [7, 11) is 1.90. The highest BCUT2D eigenvalue weighted by Crippen LogP contribution is 2.24. The van der Waals surface area contributed by atoms with Gasteiger partial charge in [-0.2, -0.15) is 0 Å². The van der Waals surface area contributed by atoms with Crippen LogP contribution in [-0.2, 0) is 0 Å². The zero-order valence-corrected chi connectivity index (χ0v) is 8.28. The molecule has 1 nitrogen and oxygen atoms in total. The van der Waals surface area contributed by atoms with Crippen molar-refractivity contribution in [1.82, 2.24) is 0 Å². The van der Waals surface area contributed by atoms with Crippen LogP contribution in [-0.4, -0.2) is 7.05 Å². The summed E-state index contributed by atoms with van der Waals surface area (Å²) >= 11 is 4.27. The van der Waals surface area contributed by atoms with Crippen LogP contribution in [0, 0.1) is 0 Å². The van der Waals surface area contributed by atoms with Gasteiger partial charge in [-0.3, -0.25) is 0 Å². The van der Waals surface area contributed by atoms with Crippen LogP contribution in [0.1, 0.15) is 12.5 Å². The molecule has 0 atom stereocenters. The molecule has 1 N–H and O–H groups in total. The predicted molar refractivity (Wildman–Crippen MR) is 57.9 cm³/mol. The summed E-state index contributed by atoms with van der Waals surface area (Å²) in [6, 6.07) is 5.98. The minimum Gasteiger partial charge on any atom is -0.388 e. The van der Waals surface area contributed by atoms with Gasteiger partial charge in [0.1, 0.15) is 0 Å². The van der Waals surface area contributed by atoms with Crippen molar-refractivity contribution in [2.75, 3.05) is 12.4 Å². The van der Waals surface area contributed by atoms with Gasteiger partial charge in [-0.15, -0.1) is 12.6 Å². The van der Waals surface area contributed by atoms with E-state index < -0.39 is 0 Å². The van der Waals surface area contributed by atoms with Crippen molar-refractivity contribution >= 4 is 23.9 Å². The summed E-state index contributed by atoms with van der Waals surface area (Å²) in [5.74, 6) is 0. The summed E-state index contributed by atoms with van der Waals surface area (Å²) < 4.78 is 0. The molecule has 64 valence electrons. The standard InChI is InChI=1S/C10H13NS/c1-7(2)9-6-8(12)4-5-10(9)11-3/h4-6,11-12H,1H2,2-3H3. The summed E-state index contributed by atoms with van der Waals surface area (Å²) in [6.07, 6.45) is 0. The molecule has 1 aromatic rings. The fraction of sp³-hybridized carbons (Fsp3) is 0.200. The number of hydrogen-bond acceptors (Lipinski definition) is 2. The highest BCUT2D eigenvalue weighted by Gasteiger charge is 2.00. The Labute approximate surface area is 78.9 Å². The Balaban J connectivity index is 3.21. The first-order valence-electron chi connectivity index (χ1n) is 3.82. The Kier molecular flexibility index (Phi) is 2.82. The van der Waals surface area contributed by atoms with Gasteiger partial charge >= 0.3 is 0 Å². The maximum Gasteiger partial charge on any atom is 0.0414 e. The van der Waals surface area contributed by atoms with E-state index in [0.29, 0.717) is 0 Å². The molecule has 0 amide bonds. The number of allylic oxidation sites excluding steroid dienone is 1. The lowest BCUT2D eigenvalue weighted by molar-refractivity contribution is 1.39. The van der Waals surface area contributed by atoms with Gasteiger partial charge < -0.3 is 5.32 Å². The Morgan fingerprint density at radius 2 is 2.17 bits per heavy atom. The Hall–Kier alpha value is -0.890. The monoisotopic (exact) mass is 179 g/mol. The number of anilines is 1. The van der Waals surface area contributed by atoms with E-state index in [-0.39, 0.29) is 0 Å². The fourth-order valence-electron chi connectivity index (χ4n) is 1.10. The van der Waals surface area contributed by atoms with Crippen molar-refractivity contribution in [2.45, 2.75) is 11.8 Å².